The summed E-state index contributed by atoms with van der Waals surface area (Å²) in [7, 11) is -3.95. The van der Waals surface area contributed by atoms with E-state index in [1.54, 1.807) is 12.1 Å². The van der Waals surface area contributed by atoms with Gasteiger partial charge in [0.05, 0.1) is 17.2 Å². The molecule has 2 aromatic carbocycles. The van der Waals surface area contributed by atoms with Gasteiger partial charge in [-0.15, -0.1) is 11.3 Å². The molecule has 0 N–H and O–H groups in total. The molecule has 0 aliphatic carbocycles. The Morgan fingerprint density at radius 3 is 2.42 bits per heavy atom. The first kappa shape index (κ1) is 21.5. The Balaban J connectivity index is 1.40. The third-order valence-corrected chi connectivity index (χ3v) is 7.84. The number of nitro benzene ring substituents is 1. The lowest BCUT2D eigenvalue weighted by Crippen LogP contribution is -2.48. The molecule has 0 saturated carbocycles. The molecular formula is C20H19FN4O4S2. The molecular weight excluding hydrogens is 443 g/mol. The highest BCUT2D eigenvalue weighted by Crippen LogP contribution is 2.28. The second kappa shape index (κ2) is 8.79. The van der Waals surface area contributed by atoms with Crippen LogP contribution in [0.25, 0.3) is 11.3 Å². The van der Waals surface area contributed by atoms with E-state index >= 15 is 0 Å². The molecule has 0 unspecified atom stereocenters. The zero-order valence-corrected chi connectivity index (χ0v) is 18.0. The van der Waals surface area contributed by atoms with Gasteiger partial charge >= 0.3 is 0 Å². The van der Waals surface area contributed by atoms with E-state index in [-0.39, 0.29) is 23.8 Å². The average molecular weight is 463 g/mol. The van der Waals surface area contributed by atoms with Crippen LogP contribution in [0.15, 0.2) is 58.8 Å². The minimum atomic E-state index is -3.95. The topological polar surface area (TPSA) is 96.6 Å². The van der Waals surface area contributed by atoms with Gasteiger partial charge in [0, 0.05) is 43.2 Å². The normalized spacial score (nSPS) is 15.8. The van der Waals surface area contributed by atoms with Gasteiger partial charge in [-0.05, 0) is 30.3 Å². The van der Waals surface area contributed by atoms with Crippen LogP contribution in [0, 0.1) is 15.9 Å². The van der Waals surface area contributed by atoms with E-state index in [1.807, 2.05) is 5.38 Å². The molecule has 8 nitrogen and oxygen atoms in total. The standard InChI is InChI=1S/C20H19FN4O4S2/c21-16-7-5-15(6-8-16)17-14-30-20(22-17)13-23-9-11-24(12-10-23)31(28,29)19-4-2-1-3-18(19)25(26)27/h1-8,14H,9-13H2. The van der Waals surface area contributed by atoms with Crippen molar-refractivity contribution < 1.29 is 17.7 Å². The van der Waals surface area contributed by atoms with E-state index in [0.29, 0.717) is 19.6 Å². The van der Waals surface area contributed by atoms with Crippen molar-refractivity contribution in [2.24, 2.45) is 0 Å². The molecule has 1 aromatic heterocycles. The van der Waals surface area contributed by atoms with E-state index in [4.69, 9.17) is 0 Å². The fraction of sp³-hybridized carbons (Fsp3) is 0.250. The van der Waals surface area contributed by atoms with E-state index in [1.165, 1.54) is 52.0 Å². The maximum Gasteiger partial charge on any atom is 0.289 e. The summed E-state index contributed by atoms with van der Waals surface area (Å²) < 4.78 is 40.2. The van der Waals surface area contributed by atoms with Crippen molar-refractivity contribution in [2.75, 3.05) is 26.2 Å². The molecule has 0 amide bonds. The highest BCUT2D eigenvalue weighted by atomic mass is 32.2. The number of para-hydroxylation sites is 1. The number of thiazole rings is 1. The summed E-state index contributed by atoms with van der Waals surface area (Å²) >= 11 is 1.50. The van der Waals surface area contributed by atoms with Crippen molar-refractivity contribution >= 4 is 27.0 Å². The maximum atomic E-state index is 13.1. The molecule has 1 saturated heterocycles. The third kappa shape index (κ3) is 4.64. The van der Waals surface area contributed by atoms with E-state index in [9.17, 15) is 22.9 Å². The Hall–Kier alpha value is -2.73. The van der Waals surface area contributed by atoms with Crippen molar-refractivity contribution in [1.82, 2.24) is 14.2 Å². The molecule has 4 rings (SSSR count). The number of piperazine rings is 1. The molecule has 1 aliphatic heterocycles. The molecule has 11 heteroatoms. The largest absolute Gasteiger partial charge is 0.294 e. The Bertz CT molecular complexity index is 1190. The first-order chi connectivity index (χ1) is 14.8. The SMILES string of the molecule is O=[N+]([O-])c1ccccc1S(=O)(=O)N1CCN(Cc2nc(-c3ccc(F)cc3)cs2)CC1. The van der Waals surface area contributed by atoms with Crippen molar-refractivity contribution in [1.29, 1.82) is 0 Å². The lowest BCUT2D eigenvalue weighted by atomic mass is 10.2. The van der Waals surface area contributed by atoms with Crippen LogP contribution in [-0.4, -0.2) is 53.7 Å². The number of hydrogen-bond donors (Lipinski definition) is 0. The van der Waals surface area contributed by atoms with Gasteiger partial charge in [-0.2, -0.15) is 4.31 Å². The number of benzene rings is 2. The Morgan fingerprint density at radius 2 is 1.74 bits per heavy atom. The van der Waals surface area contributed by atoms with Gasteiger partial charge in [0.1, 0.15) is 10.8 Å². The predicted octanol–water partition coefficient (Wildman–Crippen LogP) is 3.36. The van der Waals surface area contributed by atoms with Gasteiger partial charge in [-0.3, -0.25) is 15.0 Å². The number of aromatic nitrogens is 1. The highest BCUT2D eigenvalue weighted by Gasteiger charge is 2.33. The molecule has 0 spiro atoms. The molecule has 1 fully saturated rings. The van der Waals surface area contributed by atoms with Crippen molar-refractivity contribution in [2.45, 2.75) is 11.4 Å². The van der Waals surface area contributed by atoms with Crippen molar-refractivity contribution in [3.05, 3.63) is 74.9 Å². The molecule has 0 bridgehead atoms. The van der Waals surface area contributed by atoms with E-state index in [2.05, 4.69) is 9.88 Å². The van der Waals surface area contributed by atoms with Gasteiger partial charge in [-0.25, -0.2) is 17.8 Å². The van der Waals surface area contributed by atoms with Gasteiger partial charge in [-0.1, -0.05) is 12.1 Å². The molecule has 31 heavy (non-hydrogen) atoms. The van der Waals surface area contributed by atoms with Gasteiger partial charge in [0.25, 0.3) is 5.69 Å². The van der Waals surface area contributed by atoms with Crippen molar-refractivity contribution in [3.63, 3.8) is 0 Å². The highest BCUT2D eigenvalue weighted by molar-refractivity contribution is 7.89. The lowest BCUT2D eigenvalue weighted by molar-refractivity contribution is -0.387. The third-order valence-electron chi connectivity index (χ3n) is 5.06. The summed E-state index contributed by atoms with van der Waals surface area (Å²) in [6, 6.07) is 11.6. The minimum absolute atomic E-state index is 0.241. The molecule has 162 valence electrons. The van der Waals surface area contributed by atoms with Crippen LogP contribution >= 0.6 is 11.3 Å². The number of rotatable bonds is 6. The predicted molar refractivity (Wildman–Crippen MR) is 115 cm³/mol. The monoisotopic (exact) mass is 462 g/mol. The first-order valence-electron chi connectivity index (χ1n) is 9.51. The van der Waals surface area contributed by atoms with Crippen LogP contribution in [0.1, 0.15) is 5.01 Å². The summed E-state index contributed by atoms with van der Waals surface area (Å²) in [6.45, 7) is 2.04. The number of sulfonamides is 1. The quantitative estimate of drug-likeness (QED) is 0.412. The lowest BCUT2D eigenvalue weighted by Gasteiger charge is -2.33. The second-order valence-corrected chi connectivity index (χ2v) is 9.89. The fourth-order valence-electron chi connectivity index (χ4n) is 3.42. The zero-order chi connectivity index (χ0) is 22.0. The number of halogens is 1. The summed E-state index contributed by atoms with van der Waals surface area (Å²) in [6.07, 6.45) is 0. The van der Waals surface area contributed by atoms with Gasteiger partial charge in [0.2, 0.25) is 10.0 Å². The molecule has 1 aliphatic rings. The Labute approximate surface area is 182 Å². The van der Waals surface area contributed by atoms with Crippen LogP contribution in [0.4, 0.5) is 10.1 Å². The van der Waals surface area contributed by atoms with Crippen LogP contribution < -0.4 is 0 Å². The smallest absolute Gasteiger partial charge is 0.289 e. The zero-order valence-electron chi connectivity index (χ0n) is 16.3. The first-order valence-corrected chi connectivity index (χ1v) is 11.8. The van der Waals surface area contributed by atoms with Crippen molar-refractivity contribution in [3.8, 4) is 11.3 Å². The molecule has 0 atom stereocenters. The van der Waals surface area contributed by atoms with Gasteiger partial charge in [0.15, 0.2) is 4.90 Å². The summed E-state index contributed by atoms with van der Waals surface area (Å²) in [5.74, 6) is -0.298. The summed E-state index contributed by atoms with van der Waals surface area (Å²) in [5.41, 5.74) is 1.20. The van der Waals surface area contributed by atoms with Crippen LogP contribution in [0.2, 0.25) is 0 Å². The van der Waals surface area contributed by atoms with Crippen LogP contribution in [0.3, 0.4) is 0 Å². The number of hydrogen-bond acceptors (Lipinski definition) is 7. The maximum absolute atomic E-state index is 13.1. The average Bonchev–Trinajstić information content (AvgIpc) is 3.23. The number of nitrogens with zero attached hydrogens (tertiary/aromatic N) is 4. The summed E-state index contributed by atoms with van der Waals surface area (Å²) in [5, 5.41) is 14.0. The molecule has 0 radical (unpaired) electrons. The Kier molecular flexibility index (Phi) is 6.10. The van der Waals surface area contributed by atoms with E-state index in [0.717, 1.165) is 16.3 Å². The number of nitro groups is 1. The van der Waals surface area contributed by atoms with Crippen LogP contribution in [0.5, 0.6) is 0 Å². The van der Waals surface area contributed by atoms with Gasteiger partial charge < -0.3 is 0 Å². The fourth-order valence-corrected chi connectivity index (χ4v) is 5.85. The Morgan fingerprint density at radius 1 is 1.06 bits per heavy atom. The van der Waals surface area contributed by atoms with E-state index < -0.39 is 20.6 Å². The molecule has 3 aromatic rings. The summed E-state index contributed by atoms with van der Waals surface area (Å²) in [4.78, 5) is 17.0. The van der Waals surface area contributed by atoms with Crippen LogP contribution in [-0.2, 0) is 16.6 Å². The molecule has 2 heterocycles. The minimum Gasteiger partial charge on any atom is -0.294 e. The second-order valence-electron chi connectivity index (χ2n) is 7.04.